The van der Waals surface area contributed by atoms with E-state index in [0.717, 1.165) is 13.1 Å². The largest absolute Gasteiger partial charge is 0.434 e. The molecule has 1 aliphatic rings. The number of nitrogens with one attached hydrogen (secondary N) is 1. The fourth-order valence-corrected chi connectivity index (χ4v) is 3.18. The zero-order valence-corrected chi connectivity index (χ0v) is 13.7. The summed E-state index contributed by atoms with van der Waals surface area (Å²) in [5, 5.41) is 11.8. The van der Waals surface area contributed by atoms with Gasteiger partial charge < -0.3 is 9.73 Å². The lowest BCUT2D eigenvalue weighted by Crippen LogP contribution is -2.48. The summed E-state index contributed by atoms with van der Waals surface area (Å²) in [5.41, 5.74) is 0.0443. The molecule has 0 radical (unpaired) electrons. The van der Waals surface area contributed by atoms with Gasteiger partial charge >= 0.3 is 0 Å². The van der Waals surface area contributed by atoms with E-state index in [2.05, 4.69) is 36.0 Å². The van der Waals surface area contributed by atoms with Crippen molar-refractivity contribution in [2.24, 2.45) is 11.8 Å². The monoisotopic (exact) mass is 304 g/mol. The number of amides is 1. The van der Waals surface area contributed by atoms with E-state index in [1.54, 1.807) is 6.92 Å². The van der Waals surface area contributed by atoms with Gasteiger partial charge in [0.2, 0.25) is 5.76 Å². The molecule has 3 atom stereocenters. The minimum Gasteiger partial charge on any atom is -0.434 e. The van der Waals surface area contributed by atoms with Crippen LogP contribution >= 0.6 is 0 Å². The van der Waals surface area contributed by atoms with Gasteiger partial charge in [-0.3, -0.25) is 9.69 Å². The van der Waals surface area contributed by atoms with Crippen LogP contribution in [0.1, 0.15) is 49.3 Å². The van der Waals surface area contributed by atoms with Crippen molar-refractivity contribution >= 4 is 5.91 Å². The van der Waals surface area contributed by atoms with Gasteiger partial charge in [0.25, 0.3) is 5.91 Å². The first-order valence-electron chi connectivity index (χ1n) is 7.80. The van der Waals surface area contributed by atoms with Gasteiger partial charge in [-0.15, -0.1) is 0 Å². The van der Waals surface area contributed by atoms with E-state index < -0.39 is 0 Å². The number of nitrogens with zero attached hydrogens (tertiary/aromatic N) is 3. The maximum atomic E-state index is 12.1. The number of rotatable bonds is 4. The standard InChI is InChI=1S/C16H24N4O2/c1-10-5-11(2)9-20(8-10)12(3)7-18-16(21)15-14(6-17)19-13(4)22-15/h10-12H,5,7-9H2,1-4H3,(H,18,21). The maximum absolute atomic E-state index is 12.1. The lowest BCUT2D eigenvalue weighted by Gasteiger charge is -2.38. The Hall–Kier alpha value is -1.87. The molecule has 3 unspecified atom stereocenters. The minimum absolute atomic E-state index is 0.00702. The molecule has 0 saturated carbocycles. The summed E-state index contributed by atoms with van der Waals surface area (Å²) in [6, 6.07) is 2.14. The Labute approximate surface area is 131 Å². The van der Waals surface area contributed by atoms with Crippen molar-refractivity contribution in [1.29, 1.82) is 5.26 Å². The first-order chi connectivity index (χ1) is 10.4. The summed E-state index contributed by atoms with van der Waals surface area (Å²) in [7, 11) is 0. The van der Waals surface area contributed by atoms with Crippen LogP contribution in [0.5, 0.6) is 0 Å². The van der Waals surface area contributed by atoms with Crippen molar-refractivity contribution in [3.8, 4) is 6.07 Å². The van der Waals surface area contributed by atoms with Gasteiger partial charge in [-0.1, -0.05) is 13.8 Å². The van der Waals surface area contributed by atoms with Crippen LogP contribution in [0.4, 0.5) is 0 Å². The van der Waals surface area contributed by atoms with Crippen molar-refractivity contribution in [3.05, 3.63) is 17.3 Å². The molecule has 2 heterocycles. The predicted molar refractivity (Wildman–Crippen MR) is 82.3 cm³/mol. The van der Waals surface area contributed by atoms with Crippen LogP contribution in [0.3, 0.4) is 0 Å². The number of carbonyl (C=O) groups excluding carboxylic acids is 1. The smallest absolute Gasteiger partial charge is 0.290 e. The molecule has 0 bridgehead atoms. The van der Waals surface area contributed by atoms with Crippen LogP contribution in [0, 0.1) is 30.1 Å². The number of oxazole rings is 1. The summed E-state index contributed by atoms with van der Waals surface area (Å²) in [6.07, 6.45) is 1.26. The van der Waals surface area contributed by atoms with Gasteiger partial charge in [-0.25, -0.2) is 4.98 Å². The van der Waals surface area contributed by atoms with Crippen molar-refractivity contribution in [3.63, 3.8) is 0 Å². The SMILES string of the molecule is Cc1nc(C#N)c(C(=O)NCC(C)N2CC(C)CC(C)C2)o1. The van der Waals surface area contributed by atoms with E-state index >= 15 is 0 Å². The summed E-state index contributed by atoms with van der Waals surface area (Å²) in [6.45, 7) is 10.9. The Bertz CT molecular complexity index is 565. The summed E-state index contributed by atoms with van der Waals surface area (Å²) in [4.78, 5) is 18.4. The highest BCUT2D eigenvalue weighted by atomic mass is 16.4. The minimum atomic E-state index is -0.373. The molecule has 6 heteroatoms. The van der Waals surface area contributed by atoms with Crippen molar-refractivity contribution in [1.82, 2.24) is 15.2 Å². The second-order valence-electron chi connectivity index (χ2n) is 6.48. The third-order valence-electron chi connectivity index (χ3n) is 4.12. The molecule has 1 amide bonds. The molecule has 2 rings (SSSR count). The van der Waals surface area contributed by atoms with Crippen molar-refractivity contribution < 1.29 is 9.21 Å². The molecule has 1 fully saturated rings. The summed E-state index contributed by atoms with van der Waals surface area (Å²) in [5.74, 6) is 1.33. The molecule has 1 N–H and O–H groups in total. The fourth-order valence-electron chi connectivity index (χ4n) is 3.18. The van der Waals surface area contributed by atoms with Gasteiger partial charge in [0.1, 0.15) is 6.07 Å². The van der Waals surface area contributed by atoms with Crippen LogP contribution < -0.4 is 5.32 Å². The number of carbonyl (C=O) groups is 1. The van der Waals surface area contributed by atoms with Crippen molar-refractivity contribution in [2.45, 2.75) is 40.2 Å². The van der Waals surface area contributed by atoms with E-state index in [1.807, 2.05) is 6.07 Å². The lowest BCUT2D eigenvalue weighted by molar-refractivity contribution is 0.0846. The fraction of sp³-hybridized carbons (Fsp3) is 0.688. The van der Waals surface area contributed by atoms with Crippen LogP contribution in [-0.2, 0) is 0 Å². The zero-order valence-electron chi connectivity index (χ0n) is 13.7. The molecule has 6 nitrogen and oxygen atoms in total. The molecule has 1 aromatic heterocycles. The van der Waals surface area contributed by atoms with Gasteiger partial charge in [0, 0.05) is 32.6 Å². The average Bonchev–Trinajstić information content (AvgIpc) is 2.84. The molecular weight excluding hydrogens is 280 g/mol. The Kier molecular flexibility index (Phi) is 5.19. The number of aryl methyl sites for hydroxylation is 1. The zero-order chi connectivity index (χ0) is 16.3. The molecule has 0 aromatic carbocycles. The molecule has 22 heavy (non-hydrogen) atoms. The van der Waals surface area contributed by atoms with Crippen LogP contribution in [-0.4, -0.2) is 41.5 Å². The first kappa shape index (κ1) is 16.5. The third kappa shape index (κ3) is 3.86. The van der Waals surface area contributed by atoms with Gasteiger partial charge in [-0.05, 0) is 25.2 Å². The van der Waals surface area contributed by atoms with Crippen LogP contribution in [0.2, 0.25) is 0 Å². The first-order valence-corrected chi connectivity index (χ1v) is 7.80. The van der Waals surface area contributed by atoms with Gasteiger partial charge in [-0.2, -0.15) is 5.26 Å². The number of piperidine rings is 1. The number of hydrogen-bond acceptors (Lipinski definition) is 5. The number of aromatic nitrogens is 1. The second kappa shape index (κ2) is 6.93. The Morgan fingerprint density at radius 3 is 2.73 bits per heavy atom. The molecular formula is C16H24N4O2. The van der Waals surface area contributed by atoms with Gasteiger partial charge in [0.05, 0.1) is 0 Å². The highest BCUT2D eigenvalue weighted by molar-refractivity contribution is 5.93. The van der Waals surface area contributed by atoms with E-state index in [4.69, 9.17) is 9.68 Å². The van der Waals surface area contributed by atoms with Gasteiger partial charge in [0.15, 0.2) is 11.6 Å². The van der Waals surface area contributed by atoms with E-state index in [0.29, 0.717) is 24.3 Å². The normalized spacial score (nSPS) is 23.8. The highest BCUT2D eigenvalue weighted by Gasteiger charge is 2.26. The Morgan fingerprint density at radius 2 is 2.14 bits per heavy atom. The maximum Gasteiger partial charge on any atom is 0.290 e. The molecule has 0 aliphatic carbocycles. The second-order valence-corrected chi connectivity index (χ2v) is 6.48. The number of likely N-dealkylation sites (tertiary alicyclic amines) is 1. The van der Waals surface area contributed by atoms with E-state index in [9.17, 15) is 4.79 Å². The average molecular weight is 304 g/mol. The highest BCUT2D eigenvalue weighted by Crippen LogP contribution is 2.22. The third-order valence-corrected chi connectivity index (χ3v) is 4.12. The van der Waals surface area contributed by atoms with Crippen molar-refractivity contribution in [2.75, 3.05) is 19.6 Å². The summed E-state index contributed by atoms with van der Waals surface area (Å²) < 4.78 is 5.22. The molecule has 1 aliphatic heterocycles. The number of hydrogen-bond donors (Lipinski definition) is 1. The van der Waals surface area contributed by atoms with E-state index in [1.165, 1.54) is 6.42 Å². The van der Waals surface area contributed by atoms with Crippen LogP contribution in [0.15, 0.2) is 4.42 Å². The summed E-state index contributed by atoms with van der Waals surface area (Å²) >= 11 is 0. The Balaban J connectivity index is 1.92. The molecule has 1 saturated heterocycles. The lowest BCUT2D eigenvalue weighted by atomic mass is 9.91. The van der Waals surface area contributed by atoms with E-state index in [-0.39, 0.29) is 23.4 Å². The van der Waals surface area contributed by atoms with Crippen LogP contribution in [0.25, 0.3) is 0 Å². The quantitative estimate of drug-likeness (QED) is 0.919. The molecule has 1 aromatic rings. The topological polar surface area (TPSA) is 82.2 Å². The molecule has 0 spiro atoms. The number of nitriles is 1. The molecule has 120 valence electrons. The Morgan fingerprint density at radius 1 is 1.50 bits per heavy atom. The predicted octanol–water partition coefficient (Wildman–Crippen LogP) is 1.95.